The molecule has 0 saturated carbocycles. The zero-order valence-electron chi connectivity index (χ0n) is 45.0. The van der Waals surface area contributed by atoms with Crippen LogP contribution in [-0.4, -0.2) is 132 Å². The molecule has 7 aromatic rings. The van der Waals surface area contributed by atoms with Gasteiger partial charge >= 0.3 is 0 Å². The number of carbonyl (C=O) groups excluding carboxylic acids is 5. The zero-order chi connectivity index (χ0) is 56.9. The lowest BCUT2D eigenvalue weighted by Crippen LogP contribution is -2.58. The molecule has 0 spiro atoms. The van der Waals surface area contributed by atoms with Gasteiger partial charge in [-0.2, -0.15) is 5.10 Å². The predicted octanol–water partition coefficient (Wildman–Crippen LogP) is 8.21. The van der Waals surface area contributed by atoms with Crippen molar-refractivity contribution in [2.24, 2.45) is 10.5 Å². The number of hydrogen-bond donors (Lipinski definition) is 6. The maximum atomic E-state index is 14.0. The molecule has 1 saturated heterocycles. The first-order chi connectivity index (χ1) is 38.4. The monoisotopic (exact) mass is 1120 g/mol. The highest BCUT2D eigenvalue weighted by atomic mass is 32.1. The highest BCUT2D eigenvalue weighted by molar-refractivity contribution is 7.22. The van der Waals surface area contributed by atoms with Gasteiger partial charge in [-0.15, -0.1) is 22.7 Å². The number of phenolic OH excluding ortho intramolecular Hbond substituents is 2. The number of aliphatic hydroxyl groups is 1. The lowest BCUT2D eigenvalue weighted by atomic mass is 9.85. The number of aromatic hydroxyl groups is 2. The van der Waals surface area contributed by atoms with Crippen LogP contribution in [0.25, 0.3) is 31.0 Å². The first-order valence-electron chi connectivity index (χ1n) is 26.0. The van der Waals surface area contributed by atoms with Gasteiger partial charge in [0.05, 0.1) is 67.5 Å². The third-order valence-electron chi connectivity index (χ3n) is 13.2. The summed E-state index contributed by atoms with van der Waals surface area (Å²) in [6.07, 6.45) is 0.671. The molecule has 80 heavy (non-hydrogen) atoms. The van der Waals surface area contributed by atoms with Gasteiger partial charge in [0, 0.05) is 44.6 Å². The molecule has 3 heterocycles. The van der Waals surface area contributed by atoms with E-state index in [0.29, 0.717) is 51.5 Å². The van der Waals surface area contributed by atoms with Gasteiger partial charge in [0.15, 0.2) is 5.78 Å². The molecule has 18 nitrogen and oxygen atoms in total. The number of aryl methyl sites for hydroxylation is 1. The Kier molecular flexibility index (Phi) is 19.6. The molecule has 418 valence electrons. The molecule has 1 aliphatic heterocycles. The fraction of sp³-hybridized carbons (Fsp3) is 0.317. The van der Waals surface area contributed by atoms with Crippen molar-refractivity contribution in [2.45, 2.75) is 65.3 Å². The smallest absolute Gasteiger partial charge is 0.271 e. The van der Waals surface area contributed by atoms with Gasteiger partial charge in [0.2, 0.25) is 17.7 Å². The molecule has 0 unspecified atom stereocenters. The maximum Gasteiger partial charge on any atom is 0.271 e. The van der Waals surface area contributed by atoms with E-state index in [1.165, 1.54) is 28.5 Å². The second kappa shape index (κ2) is 26.9. The minimum Gasteiger partial charge on any atom is -0.508 e. The van der Waals surface area contributed by atoms with Gasteiger partial charge < -0.3 is 49.8 Å². The van der Waals surface area contributed by atoms with Crippen LogP contribution >= 0.6 is 22.7 Å². The number of aromatic nitrogens is 1. The predicted molar refractivity (Wildman–Crippen MR) is 306 cm³/mol. The molecule has 0 radical (unpaired) electrons. The molecule has 4 amide bonds. The van der Waals surface area contributed by atoms with Gasteiger partial charge in [-0.1, -0.05) is 57.2 Å². The topological polar surface area (TPSA) is 248 Å². The van der Waals surface area contributed by atoms with Crippen molar-refractivity contribution < 1.29 is 58.2 Å². The quantitative estimate of drug-likeness (QED) is 0.0145. The summed E-state index contributed by atoms with van der Waals surface area (Å²) in [4.78, 5) is 75.0. The van der Waals surface area contributed by atoms with E-state index >= 15 is 0 Å². The molecule has 0 aliphatic carbocycles. The third kappa shape index (κ3) is 15.1. The normalized spacial score (nSPS) is 15.2. The number of β-amino-alcohol motifs (C(OH)–C–C–N with tert-alkyl or cyclic N) is 1. The number of nitrogens with one attached hydrogen (secondary N) is 3. The summed E-state index contributed by atoms with van der Waals surface area (Å²) in [5.74, 6) is -1.28. The van der Waals surface area contributed by atoms with Gasteiger partial charge in [-0.3, -0.25) is 24.0 Å². The lowest BCUT2D eigenvalue weighted by molar-refractivity contribution is -0.144. The van der Waals surface area contributed by atoms with Crippen molar-refractivity contribution in [3.63, 3.8) is 0 Å². The first kappa shape index (κ1) is 58.3. The minimum atomic E-state index is -0.994. The molecule has 5 aromatic carbocycles. The Morgan fingerprint density at radius 3 is 2.06 bits per heavy atom. The Labute approximate surface area is 471 Å². The second-order valence-electron chi connectivity index (χ2n) is 20.2. The maximum absolute atomic E-state index is 14.0. The molecular weight excluding hydrogens is 1060 g/mol. The van der Waals surface area contributed by atoms with E-state index in [1.807, 2.05) is 58.9 Å². The number of aliphatic hydroxyl groups excluding tert-OH is 1. The summed E-state index contributed by atoms with van der Waals surface area (Å²) in [6, 6.07) is 30.4. The summed E-state index contributed by atoms with van der Waals surface area (Å²) < 4.78 is 23.2. The van der Waals surface area contributed by atoms with Crippen LogP contribution in [0.1, 0.15) is 83.3 Å². The van der Waals surface area contributed by atoms with Crippen molar-refractivity contribution >= 4 is 68.4 Å². The van der Waals surface area contributed by atoms with Crippen LogP contribution in [0, 0.1) is 12.3 Å². The minimum absolute atomic E-state index is 0.0391. The van der Waals surface area contributed by atoms with Crippen LogP contribution in [0.5, 0.6) is 17.2 Å². The van der Waals surface area contributed by atoms with Crippen molar-refractivity contribution in [1.29, 1.82) is 0 Å². The highest BCUT2D eigenvalue weighted by Crippen LogP contribution is 2.42. The summed E-state index contributed by atoms with van der Waals surface area (Å²) in [5, 5.41) is 41.1. The number of thiophene rings is 1. The number of nitrogens with zero attached hydrogens (tertiary/aromatic N) is 3. The number of likely N-dealkylation sites (tertiary alicyclic amines) is 1. The van der Waals surface area contributed by atoms with Crippen molar-refractivity contribution in [1.82, 2.24) is 25.9 Å². The third-order valence-corrected chi connectivity index (χ3v) is 15.4. The van der Waals surface area contributed by atoms with E-state index in [0.717, 1.165) is 32.0 Å². The number of benzene rings is 5. The number of thiazole rings is 1. The Morgan fingerprint density at radius 2 is 1.40 bits per heavy atom. The van der Waals surface area contributed by atoms with Crippen LogP contribution in [0.4, 0.5) is 0 Å². The van der Waals surface area contributed by atoms with Crippen LogP contribution in [0.15, 0.2) is 126 Å². The number of amides is 4. The standard InChI is InChI=1S/C60H64N6O12S2/c1-36(39-8-12-41(13-9-39)54-37(2)61-35-79-54)63-58(73)49-30-46(69)33-66(49)59(74)56(60(3,4)5)64-51(70)34-77-27-26-75-24-25-76-28-29-78-47-21-6-38(7-22-47)32-62-65-57(72)43-14-10-40(11-15-43)53(71)52-48-23-20-45(68)31-50(48)80-55(52)42-16-18-44(67)19-17-42/h6-23,31-32,35-36,46,49,56,67-69H,24-30,33-34H2,1-5H3,(H,63,73)(H,64,70)(H,65,72)/b62-32+/t36-,46+,49-,56+/m0/s1. The van der Waals surface area contributed by atoms with Crippen molar-refractivity contribution in [2.75, 3.05) is 52.8 Å². The average Bonchev–Trinajstić information content (AvgIpc) is 4.30. The summed E-state index contributed by atoms with van der Waals surface area (Å²) in [5.41, 5.74) is 9.06. The SMILES string of the molecule is Cc1ncsc1-c1ccc([C@H](C)NC(=O)[C@@H]2C[C@@H](O)CN2C(=O)[C@@H](NC(=O)COCCOCCOCCOc2ccc(/C=N/NC(=O)c3ccc(C(=O)c4c(-c5ccc(O)cc5)sc5cc(O)ccc45)cc3)cc2)C(C)(C)C)cc1. The number of ether oxygens (including phenoxy) is 4. The summed E-state index contributed by atoms with van der Waals surface area (Å²) >= 11 is 2.93. The molecule has 8 rings (SSSR count). The Balaban J connectivity index is 0.689. The van der Waals surface area contributed by atoms with E-state index in [9.17, 15) is 39.3 Å². The Morgan fingerprint density at radius 1 is 0.775 bits per heavy atom. The van der Waals surface area contributed by atoms with Crippen LogP contribution in [0.3, 0.4) is 0 Å². The Hall–Kier alpha value is -7.85. The first-order valence-corrected chi connectivity index (χ1v) is 27.7. The largest absolute Gasteiger partial charge is 0.508 e. The number of hydrogen-bond acceptors (Lipinski definition) is 16. The fourth-order valence-corrected chi connectivity index (χ4v) is 11.0. The highest BCUT2D eigenvalue weighted by Gasteiger charge is 2.44. The molecule has 2 aromatic heterocycles. The average molecular weight is 1130 g/mol. The van der Waals surface area contributed by atoms with Crippen LogP contribution < -0.4 is 20.8 Å². The van der Waals surface area contributed by atoms with Crippen LogP contribution in [0.2, 0.25) is 0 Å². The van der Waals surface area contributed by atoms with E-state index in [2.05, 4.69) is 26.1 Å². The van der Waals surface area contributed by atoms with E-state index in [1.54, 1.807) is 102 Å². The molecular formula is C60H64N6O12S2. The molecule has 0 bridgehead atoms. The van der Waals surface area contributed by atoms with Gasteiger partial charge in [0.25, 0.3) is 5.91 Å². The van der Waals surface area contributed by atoms with E-state index in [-0.39, 0.29) is 75.2 Å². The van der Waals surface area contributed by atoms with E-state index in [4.69, 9.17) is 18.9 Å². The van der Waals surface area contributed by atoms with E-state index < -0.39 is 41.3 Å². The van der Waals surface area contributed by atoms with Gasteiger partial charge in [0.1, 0.15) is 42.5 Å². The van der Waals surface area contributed by atoms with Crippen molar-refractivity contribution in [3.05, 3.63) is 154 Å². The summed E-state index contributed by atoms with van der Waals surface area (Å²) in [6.45, 7) is 10.4. The molecule has 4 atom stereocenters. The zero-order valence-corrected chi connectivity index (χ0v) is 46.6. The molecule has 1 aliphatic rings. The number of phenols is 2. The van der Waals surface area contributed by atoms with Crippen LogP contribution in [-0.2, 0) is 28.6 Å². The summed E-state index contributed by atoms with van der Waals surface area (Å²) in [7, 11) is 0. The molecule has 20 heteroatoms. The number of rotatable bonds is 24. The number of carbonyl (C=O) groups is 5. The molecule has 6 N–H and O–H groups in total. The second-order valence-corrected chi connectivity index (χ2v) is 22.1. The Bertz CT molecular complexity index is 3300. The number of fused-ring (bicyclic) bond motifs is 1. The van der Waals surface area contributed by atoms with Gasteiger partial charge in [-0.25, -0.2) is 10.4 Å². The number of hydrazone groups is 1. The molecule has 1 fully saturated rings. The van der Waals surface area contributed by atoms with Gasteiger partial charge in [-0.05, 0) is 120 Å². The van der Waals surface area contributed by atoms with Crippen molar-refractivity contribution in [3.8, 4) is 38.1 Å². The lowest BCUT2D eigenvalue weighted by Gasteiger charge is -2.35. The number of ketones is 1. The fourth-order valence-electron chi connectivity index (χ4n) is 8.97.